The van der Waals surface area contributed by atoms with E-state index >= 15 is 0 Å². The molecule has 0 aromatic heterocycles. The number of aliphatic hydroxyl groups is 1. The molecule has 1 amide bonds. The van der Waals surface area contributed by atoms with Gasteiger partial charge in [0.1, 0.15) is 5.75 Å². The van der Waals surface area contributed by atoms with Gasteiger partial charge in [-0.3, -0.25) is 9.69 Å². The molecule has 0 spiro atoms. The quantitative estimate of drug-likeness (QED) is 0.862. The van der Waals surface area contributed by atoms with Crippen LogP contribution in [-0.4, -0.2) is 66.8 Å². The Hall–Kier alpha value is -1.59. The van der Waals surface area contributed by atoms with Crippen LogP contribution in [0.2, 0.25) is 0 Å². The summed E-state index contributed by atoms with van der Waals surface area (Å²) in [6.07, 6.45) is 1.45. The van der Waals surface area contributed by atoms with Crippen LogP contribution in [0.5, 0.6) is 5.75 Å². The van der Waals surface area contributed by atoms with Crippen LogP contribution in [0, 0.1) is 5.92 Å². The van der Waals surface area contributed by atoms with Crippen molar-refractivity contribution in [2.24, 2.45) is 5.92 Å². The van der Waals surface area contributed by atoms with Gasteiger partial charge >= 0.3 is 0 Å². The summed E-state index contributed by atoms with van der Waals surface area (Å²) in [5.41, 5.74) is 1.16. The topological polar surface area (TPSA) is 53.0 Å². The van der Waals surface area contributed by atoms with Gasteiger partial charge in [-0.15, -0.1) is 0 Å². The third-order valence-corrected chi connectivity index (χ3v) is 5.27. The average Bonchev–Trinajstić information content (AvgIpc) is 3.42. The lowest BCUT2D eigenvalue weighted by Crippen LogP contribution is -2.50. The Kier molecular flexibility index (Phi) is 5.41. The highest BCUT2D eigenvalue weighted by molar-refractivity contribution is 5.83. The molecule has 132 valence electrons. The minimum absolute atomic E-state index is 0.106. The summed E-state index contributed by atoms with van der Waals surface area (Å²) in [6.45, 7) is 5.96. The molecule has 0 unspecified atom stereocenters. The van der Waals surface area contributed by atoms with Crippen molar-refractivity contribution >= 4 is 5.91 Å². The summed E-state index contributed by atoms with van der Waals surface area (Å²) < 4.78 is 5.43. The fraction of sp³-hybridized carbons (Fsp3) is 0.632. The number of β-amino-alcohol motifs (C(OH)–C–C–N with tert-alkyl or cyclic N) is 1. The number of benzene rings is 1. The summed E-state index contributed by atoms with van der Waals surface area (Å²) in [6, 6.07) is 8.01. The molecule has 2 aliphatic rings. The Morgan fingerprint density at radius 1 is 1.29 bits per heavy atom. The van der Waals surface area contributed by atoms with E-state index < -0.39 is 0 Å². The van der Waals surface area contributed by atoms with Crippen molar-refractivity contribution in [1.82, 2.24) is 9.80 Å². The number of rotatable bonds is 6. The van der Waals surface area contributed by atoms with Crippen LogP contribution >= 0.6 is 0 Å². The molecule has 24 heavy (non-hydrogen) atoms. The molecule has 1 saturated heterocycles. The van der Waals surface area contributed by atoms with E-state index in [1.165, 1.54) is 0 Å². The lowest BCUT2D eigenvalue weighted by Gasteiger charge is -2.35. The molecule has 2 fully saturated rings. The van der Waals surface area contributed by atoms with Crippen LogP contribution < -0.4 is 4.74 Å². The van der Waals surface area contributed by atoms with Crippen molar-refractivity contribution in [2.75, 3.05) is 39.8 Å². The highest BCUT2D eigenvalue weighted by atomic mass is 16.5. The molecule has 1 aliphatic heterocycles. The zero-order chi connectivity index (χ0) is 17.1. The predicted molar refractivity (Wildman–Crippen MR) is 93.2 cm³/mol. The van der Waals surface area contributed by atoms with Crippen LogP contribution in [0.3, 0.4) is 0 Å². The van der Waals surface area contributed by atoms with Crippen LogP contribution in [0.25, 0.3) is 0 Å². The first-order valence-corrected chi connectivity index (χ1v) is 8.96. The number of nitrogens with zero attached hydrogens (tertiary/aromatic N) is 2. The second-order valence-electron chi connectivity index (χ2n) is 6.88. The van der Waals surface area contributed by atoms with E-state index in [1.807, 2.05) is 30.0 Å². The van der Waals surface area contributed by atoms with Gasteiger partial charge in [-0.1, -0.05) is 25.1 Å². The Bertz CT molecular complexity index is 569. The van der Waals surface area contributed by atoms with Crippen LogP contribution in [0.4, 0.5) is 0 Å². The number of amides is 1. The lowest BCUT2D eigenvalue weighted by molar-refractivity contribution is -0.134. The van der Waals surface area contributed by atoms with Crippen molar-refractivity contribution in [2.45, 2.75) is 31.8 Å². The lowest BCUT2D eigenvalue weighted by atomic mass is 10.1. The molecule has 1 N–H and O–H groups in total. The summed E-state index contributed by atoms with van der Waals surface area (Å²) in [7, 11) is 1.68. The molecular weight excluding hydrogens is 304 g/mol. The number of carbonyl (C=O) groups is 1. The van der Waals surface area contributed by atoms with E-state index in [9.17, 15) is 9.90 Å². The van der Waals surface area contributed by atoms with Crippen molar-refractivity contribution in [3.05, 3.63) is 29.8 Å². The fourth-order valence-electron chi connectivity index (χ4n) is 3.60. The summed E-state index contributed by atoms with van der Waals surface area (Å²) in [5, 5.41) is 9.76. The van der Waals surface area contributed by atoms with Crippen molar-refractivity contribution in [3.8, 4) is 5.75 Å². The van der Waals surface area contributed by atoms with Gasteiger partial charge in [0, 0.05) is 38.6 Å². The fourth-order valence-corrected chi connectivity index (χ4v) is 3.60. The molecule has 1 aromatic rings. The van der Waals surface area contributed by atoms with E-state index in [0.29, 0.717) is 12.5 Å². The molecule has 1 aromatic carbocycles. The minimum atomic E-state index is -0.259. The van der Waals surface area contributed by atoms with Crippen molar-refractivity contribution < 1.29 is 14.6 Å². The van der Waals surface area contributed by atoms with Gasteiger partial charge in [0.2, 0.25) is 5.91 Å². The van der Waals surface area contributed by atoms with Crippen LogP contribution in [-0.2, 0) is 4.79 Å². The number of aliphatic hydroxyl groups excluding tert-OH is 1. The third-order valence-electron chi connectivity index (χ3n) is 5.27. The largest absolute Gasteiger partial charge is 0.496 e. The van der Waals surface area contributed by atoms with Crippen LogP contribution in [0.1, 0.15) is 31.2 Å². The molecule has 5 nitrogen and oxygen atoms in total. The van der Waals surface area contributed by atoms with E-state index in [4.69, 9.17) is 4.74 Å². The first kappa shape index (κ1) is 17.2. The van der Waals surface area contributed by atoms with E-state index in [2.05, 4.69) is 11.0 Å². The molecular formula is C19H28N2O3. The molecule has 1 saturated carbocycles. The van der Waals surface area contributed by atoms with Gasteiger partial charge in [0.05, 0.1) is 13.2 Å². The second kappa shape index (κ2) is 7.53. The smallest absolute Gasteiger partial charge is 0.226 e. The van der Waals surface area contributed by atoms with Crippen molar-refractivity contribution in [1.29, 1.82) is 0 Å². The number of ether oxygens (including phenoxy) is 1. The van der Waals surface area contributed by atoms with E-state index in [1.54, 1.807) is 7.11 Å². The first-order valence-electron chi connectivity index (χ1n) is 8.96. The van der Waals surface area contributed by atoms with Crippen LogP contribution in [0.15, 0.2) is 24.3 Å². The second-order valence-corrected chi connectivity index (χ2v) is 6.88. The SMILES string of the molecule is CC[C@H](O)CN1CCN(C(=O)[C@H]2C[C@@H]2c2ccccc2OC)CC1. The maximum Gasteiger partial charge on any atom is 0.226 e. The molecule has 5 heteroatoms. The Balaban J connectivity index is 1.52. The molecule has 3 atom stereocenters. The minimum Gasteiger partial charge on any atom is -0.496 e. The normalized spacial score (nSPS) is 25.4. The molecule has 1 aliphatic carbocycles. The highest BCUT2D eigenvalue weighted by Gasteiger charge is 2.47. The van der Waals surface area contributed by atoms with Gasteiger partial charge in [-0.2, -0.15) is 0 Å². The monoisotopic (exact) mass is 332 g/mol. The Morgan fingerprint density at radius 3 is 2.67 bits per heavy atom. The number of piperazine rings is 1. The van der Waals surface area contributed by atoms with E-state index in [0.717, 1.165) is 50.3 Å². The number of carbonyl (C=O) groups excluding carboxylic acids is 1. The summed E-state index contributed by atoms with van der Waals surface area (Å²) in [5.74, 6) is 1.57. The molecule has 3 rings (SSSR count). The maximum absolute atomic E-state index is 12.7. The number of hydrogen-bond acceptors (Lipinski definition) is 4. The number of para-hydroxylation sites is 1. The molecule has 0 bridgehead atoms. The standard InChI is InChI=1S/C19H28N2O3/c1-3-14(22)13-20-8-10-21(11-9-20)19(23)17-12-16(17)15-6-4-5-7-18(15)24-2/h4-7,14,16-17,22H,3,8-13H2,1-2H3/t14-,16+,17-/m0/s1. The van der Waals surface area contributed by atoms with Gasteiger partial charge in [0.15, 0.2) is 0 Å². The highest BCUT2D eigenvalue weighted by Crippen LogP contribution is 2.51. The Labute approximate surface area is 144 Å². The first-order chi connectivity index (χ1) is 11.6. The van der Waals surface area contributed by atoms with Gasteiger partial charge in [0.25, 0.3) is 0 Å². The summed E-state index contributed by atoms with van der Waals surface area (Å²) in [4.78, 5) is 17.0. The van der Waals surface area contributed by atoms with Gasteiger partial charge in [-0.25, -0.2) is 0 Å². The zero-order valence-corrected chi connectivity index (χ0v) is 14.6. The predicted octanol–water partition coefficient (Wildman–Crippen LogP) is 1.71. The number of methoxy groups -OCH3 is 1. The molecule has 1 heterocycles. The zero-order valence-electron chi connectivity index (χ0n) is 14.6. The Morgan fingerprint density at radius 2 is 2.00 bits per heavy atom. The van der Waals surface area contributed by atoms with Gasteiger partial charge in [-0.05, 0) is 30.4 Å². The van der Waals surface area contributed by atoms with E-state index in [-0.39, 0.29) is 17.9 Å². The average molecular weight is 332 g/mol. The van der Waals surface area contributed by atoms with Crippen molar-refractivity contribution in [3.63, 3.8) is 0 Å². The third kappa shape index (κ3) is 3.73. The van der Waals surface area contributed by atoms with Gasteiger partial charge < -0.3 is 14.7 Å². The molecule has 0 radical (unpaired) electrons. The number of hydrogen-bond donors (Lipinski definition) is 1. The summed E-state index contributed by atoms with van der Waals surface area (Å²) >= 11 is 0. The maximum atomic E-state index is 12.7.